The van der Waals surface area contributed by atoms with Crippen molar-refractivity contribution >= 4 is 94.1 Å². The summed E-state index contributed by atoms with van der Waals surface area (Å²) >= 11 is 0. The Balaban J connectivity index is 7.30. The smallest absolute Gasteiger partial charge is 0.224 e. The number of aliphatic hydroxyl groups excluding tert-OH is 3. The first-order valence-corrected chi connectivity index (χ1v) is 33.7. The van der Waals surface area contributed by atoms with Crippen LogP contribution in [-0.2, 0) is 62.3 Å². The maximum Gasteiger partial charge on any atom is 0.224 e. The fourth-order valence-electron chi connectivity index (χ4n) is 10.9. The molecule has 0 aromatic heterocycles. The molecule has 0 saturated carbocycles. The molecule has 0 aliphatic heterocycles. The van der Waals surface area contributed by atoms with Crippen LogP contribution in [0.4, 0.5) is 0 Å². The van der Waals surface area contributed by atoms with E-state index in [2.05, 4.69) is 41.6 Å². The highest BCUT2D eigenvalue weighted by atomic mass is 16.3. The van der Waals surface area contributed by atoms with Crippen molar-refractivity contribution in [2.45, 2.75) is 226 Å². The molecule has 0 bridgehead atoms. The van der Waals surface area contributed by atoms with Crippen LogP contribution in [0.1, 0.15) is 183 Å². The minimum Gasteiger partial charge on any atom is -0.394 e. The molecular formula is C64H116N18O16. The second-order valence-corrected chi connectivity index (χ2v) is 26.3. The number of carbonyl (C=O) groups is 13. The minimum absolute atomic E-state index is 0.0151. The number of guanidine groups is 3. The van der Waals surface area contributed by atoms with Gasteiger partial charge in [-0.05, 0) is 116 Å². The Morgan fingerprint density at radius 3 is 1.19 bits per heavy atom. The predicted octanol–water partition coefficient (Wildman–Crippen LogP) is -3.53. The molecule has 34 heteroatoms. The summed E-state index contributed by atoms with van der Waals surface area (Å²) in [7, 11) is 0. The van der Waals surface area contributed by atoms with Gasteiger partial charge in [0.1, 0.15) is 12.1 Å². The fourth-order valence-corrected chi connectivity index (χ4v) is 10.9. The number of primary amides is 3. The van der Waals surface area contributed by atoms with E-state index in [-0.39, 0.29) is 114 Å². The number of hydrogen-bond acceptors (Lipinski definition) is 20. The molecule has 1 unspecified atom stereocenters. The van der Waals surface area contributed by atoms with Gasteiger partial charge in [0.15, 0.2) is 46.8 Å². The van der Waals surface area contributed by atoms with Crippen molar-refractivity contribution in [2.75, 3.05) is 32.8 Å². The van der Waals surface area contributed by atoms with Gasteiger partial charge in [-0.2, -0.15) is 0 Å². The fraction of sp³-hybridized carbons (Fsp3) is 0.750. The third-order valence-electron chi connectivity index (χ3n) is 16.3. The second kappa shape index (κ2) is 48.5. The quantitative estimate of drug-likeness (QED) is 0.0159. The number of nitrogens with zero attached hydrogens (tertiary/aromatic N) is 3. The summed E-state index contributed by atoms with van der Waals surface area (Å²) in [6, 6.07) is -7.31. The van der Waals surface area contributed by atoms with Crippen LogP contribution in [0.5, 0.6) is 0 Å². The van der Waals surface area contributed by atoms with Crippen molar-refractivity contribution in [3.8, 4) is 0 Å². The van der Waals surface area contributed by atoms with Crippen LogP contribution in [0, 0.1) is 47.3 Å². The van der Waals surface area contributed by atoms with E-state index in [9.17, 15) is 77.6 Å². The van der Waals surface area contributed by atoms with Gasteiger partial charge in [-0.15, -0.1) is 0 Å². The summed E-state index contributed by atoms with van der Waals surface area (Å²) in [5, 5.41) is 44.5. The van der Waals surface area contributed by atoms with E-state index in [4.69, 9.17) is 57.3 Å². The molecule has 0 aromatic carbocycles. The zero-order valence-electron chi connectivity index (χ0n) is 58.3. The average molecular weight is 1390 g/mol. The Labute approximate surface area is 574 Å². The molecule has 0 radical (unpaired) electrons. The summed E-state index contributed by atoms with van der Waals surface area (Å²) in [5.74, 6) is -17.9. The van der Waals surface area contributed by atoms with Gasteiger partial charge in [-0.1, -0.05) is 41.0 Å². The molecule has 8 amide bonds. The zero-order valence-corrected chi connectivity index (χ0v) is 58.3. The molecular weight excluding hydrogens is 1280 g/mol. The van der Waals surface area contributed by atoms with Crippen LogP contribution in [-0.4, -0.2) is 185 Å². The number of carbonyl (C=O) groups excluding carboxylic acids is 13. The SMILES string of the molecule is CC(C)C[C@H](CC(=O)[C@H](CC(C)C)NC(=O)[C@H](CCCCN)CC(=O)[C@H](CCCN=C(N)N)NC(=O)[C@H](CCC(N)=O)CC(=O)[C@H](CCC(N)=O)NC(=O)[C@H](CCCN=C(N)N)CC(=O)[C@@H](NC(=O)[C@@H](CC(=O)[C@H](CO)NC(=O)[C@@H](C)CCCN=C(N)N)CC(C)O)[C@@H](C)O)C(N)=O. The third-order valence-corrected chi connectivity index (χ3v) is 16.3. The molecule has 0 rings (SSSR count). The normalized spacial score (nSPS) is 15.3. The summed E-state index contributed by atoms with van der Waals surface area (Å²) in [5.41, 5.74) is 55.5. The maximum absolute atomic E-state index is 14.6. The predicted molar refractivity (Wildman–Crippen MR) is 367 cm³/mol. The van der Waals surface area contributed by atoms with Gasteiger partial charge in [0.05, 0.1) is 36.9 Å². The number of ketones is 5. The molecule has 98 heavy (non-hydrogen) atoms. The second-order valence-electron chi connectivity index (χ2n) is 26.3. The number of Topliss-reactive ketones (excluding diaryl/α,β-unsaturated/α-hetero) is 5. The van der Waals surface area contributed by atoms with Crippen molar-refractivity contribution in [1.82, 2.24) is 26.6 Å². The molecule has 0 aromatic rings. The summed E-state index contributed by atoms with van der Waals surface area (Å²) in [6.45, 7) is 11.0. The highest BCUT2D eigenvalue weighted by molar-refractivity contribution is 5.99. The maximum atomic E-state index is 14.6. The van der Waals surface area contributed by atoms with Gasteiger partial charge >= 0.3 is 0 Å². The Bertz CT molecular complexity index is 2700. The summed E-state index contributed by atoms with van der Waals surface area (Å²) in [4.78, 5) is 190. The Kier molecular flexibility index (Phi) is 44.4. The Morgan fingerprint density at radius 1 is 0.378 bits per heavy atom. The number of aliphatic imine (C=N–C) groups is 3. The standard InChI is InChI=1S/C64H116N18O16/c1-34(2)25-42(56(68)93)31-50(88)46(26-35(3)4)80-59(96)39(14-8-9-21-65)28-48(86)44(16-12-24-77-64(73)74)78-60(97)41(17-19-53(66)91)29-49(87)45(18-20-54(67)92)79-58(95)40(15-11-23-76-63(71)72)30-52(90)55(38(7)85)82-61(98)43(27-37(6)84)32-51(89)47(33-83)81-57(94)36(5)13-10-22-75-62(69)70/h34-47,55,83-85H,8-33,65H2,1-7H3,(H2,66,91)(H2,67,92)(H2,68,93)(H,78,97)(H,79,95)(H,80,96)(H,81,94)(H,82,98)(H4,69,70,75)(H4,71,72,76)(H4,73,74,77)/t36-,37?,38+,39+,40+,41+,42+,43+,44-,45-,46-,47-,55-/m0/s1. The van der Waals surface area contributed by atoms with E-state index >= 15 is 0 Å². The number of amides is 8. The molecule has 0 aliphatic rings. The number of aliphatic hydroxyl groups is 3. The van der Waals surface area contributed by atoms with Gasteiger partial charge in [-0.3, -0.25) is 77.3 Å². The van der Waals surface area contributed by atoms with Crippen LogP contribution in [0.25, 0.3) is 0 Å². The largest absolute Gasteiger partial charge is 0.394 e. The molecule has 34 nitrogen and oxygen atoms in total. The number of rotatable bonds is 56. The van der Waals surface area contributed by atoms with E-state index < -0.39 is 206 Å². The van der Waals surface area contributed by atoms with Gasteiger partial charge in [-0.25, -0.2) is 0 Å². The number of unbranched alkanes of at least 4 members (excludes halogenated alkanes) is 1. The Hall–Kier alpha value is -8.24. The number of nitrogens with two attached hydrogens (primary N) is 10. The summed E-state index contributed by atoms with van der Waals surface area (Å²) < 4.78 is 0. The highest BCUT2D eigenvalue weighted by Crippen LogP contribution is 2.25. The first-order chi connectivity index (χ1) is 45.8. The molecule has 558 valence electrons. The van der Waals surface area contributed by atoms with Crippen LogP contribution in [0.2, 0.25) is 0 Å². The molecule has 0 heterocycles. The minimum atomic E-state index is -1.77. The lowest BCUT2D eigenvalue weighted by Gasteiger charge is -2.27. The molecule has 0 saturated heterocycles. The number of nitrogens with one attached hydrogen (secondary N) is 5. The third kappa shape index (κ3) is 39.2. The van der Waals surface area contributed by atoms with E-state index in [0.29, 0.717) is 32.1 Å². The Morgan fingerprint density at radius 2 is 0.755 bits per heavy atom. The van der Waals surface area contributed by atoms with Crippen molar-refractivity contribution in [2.24, 2.45) is 120 Å². The molecule has 0 fully saturated rings. The molecule has 13 atom stereocenters. The van der Waals surface area contributed by atoms with Crippen LogP contribution < -0.4 is 83.9 Å². The first kappa shape index (κ1) is 89.8. The van der Waals surface area contributed by atoms with Gasteiger partial charge in [0.2, 0.25) is 47.3 Å². The monoisotopic (exact) mass is 1390 g/mol. The number of hydrogen-bond donors (Lipinski definition) is 18. The van der Waals surface area contributed by atoms with E-state index in [0.717, 1.165) is 6.92 Å². The molecule has 0 aliphatic carbocycles. The van der Waals surface area contributed by atoms with Crippen LogP contribution >= 0.6 is 0 Å². The van der Waals surface area contributed by atoms with Crippen LogP contribution in [0.3, 0.4) is 0 Å². The topological polar surface area (TPSA) is 640 Å². The first-order valence-electron chi connectivity index (χ1n) is 33.7. The van der Waals surface area contributed by atoms with Crippen molar-refractivity contribution in [1.29, 1.82) is 0 Å². The van der Waals surface area contributed by atoms with Gasteiger partial charge in [0, 0.05) is 100 Å². The zero-order chi connectivity index (χ0) is 74.9. The van der Waals surface area contributed by atoms with E-state index in [1.807, 2.05) is 27.7 Å². The lowest BCUT2D eigenvalue weighted by atomic mass is 9.87. The summed E-state index contributed by atoms with van der Waals surface area (Å²) in [6.07, 6.45) is -5.86. The lowest BCUT2D eigenvalue weighted by Crippen LogP contribution is -2.52. The molecule has 0 spiro atoms. The van der Waals surface area contributed by atoms with E-state index in [1.54, 1.807) is 6.92 Å². The van der Waals surface area contributed by atoms with Crippen molar-refractivity contribution < 1.29 is 77.6 Å². The average Bonchev–Trinajstić information content (AvgIpc) is 0.872. The van der Waals surface area contributed by atoms with Crippen molar-refractivity contribution in [3.05, 3.63) is 0 Å². The lowest BCUT2D eigenvalue weighted by molar-refractivity contribution is -0.138. The van der Waals surface area contributed by atoms with Crippen molar-refractivity contribution in [3.63, 3.8) is 0 Å². The van der Waals surface area contributed by atoms with Gasteiger partial charge in [0.25, 0.3) is 0 Å². The van der Waals surface area contributed by atoms with Gasteiger partial charge < -0.3 is 99.2 Å². The van der Waals surface area contributed by atoms with Crippen LogP contribution in [0.15, 0.2) is 15.0 Å². The highest BCUT2D eigenvalue weighted by Gasteiger charge is 2.38. The molecule has 28 N–H and O–H groups in total. The van der Waals surface area contributed by atoms with E-state index in [1.165, 1.54) is 6.92 Å².